The number of esters is 1. The number of hydrogen-bond donors (Lipinski definition) is 0. The number of nitrogens with zero attached hydrogens (tertiary/aromatic N) is 2. The van der Waals surface area contributed by atoms with Crippen molar-refractivity contribution in [3.05, 3.63) is 59.9 Å². The Morgan fingerprint density at radius 3 is 2.66 bits per heavy atom. The second kappa shape index (κ2) is 7.24. The van der Waals surface area contributed by atoms with E-state index >= 15 is 0 Å². The van der Waals surface area contributed by atoms with Crippen molar-refractivity contribution in [2.24, 2.45) is 0 Å². The largest absolute Gasteiger partial charge is 0.465 e. The number of pyridine rings is 1. The van der Waals surface area contributed by atoms with Gasteiger partial charge in [0.15, 0.2) is 0 Å². The van der Waals surface area contributed by atoms with Gasteiger partial charge < -0.3 is 14.1 Å². The highest BCUT2D eigenvalue weighted by molar-refractivity contribution is 5.97. The molecule has 2 heterocycles. The molecule has 0 aliphatic heterocycles. The van der Waals surface area contributed by atoms with Crippen molar-refractivity contribution in [1.82, 2.24) is 4.98 Å². The van der Waals surface area contributed by atoms with Gasteiger partial charge in [-0.2, -0.15) is 0 Å². The van der Waals surface area contributed by atoms with Gasteiger partial charge >= 0.3 is 5.97 Å². The van der Waals surface area contributed by atoms with Gasteiger partial charge in [-0.25, -0.2) is 9.78 Å². The van der Waals surface area contributed by atoms with Crippen LogP contribution in [0.15, 0.2) is 53.1 Å². The summed E-state index contributed by atoms with van der Waals surface area (Å²) in [7, 11) is 3.45. The normalized spacial score (nSPS) is 11.4. The number of benzene rings is 2. The highest BCUT2D eigenvalue weighted by Crippen LogP contribution is 2.35. The second-order valence-electron chi connectivity index (χ2n) is 7.59. The maximum absolute atomic E-state index is 11.9. The van der Waals surface area contributed by atoms with Crippen LogP contribution in [0.5, 0.6) is 0 Å². The van der Waals surface area contributed by atoms with Gasteiger partial charge in [0.05, 0.1) is 35.8 Å². The number of furan rings is 1. The molecule has 2 aromatic carbocycles. The fourth-order valence-corrected chi connectivity index (χ4v) is 3.47. The smallest absolute Gasteiger partial charge is 0.337 e. The van der Waals surface area contributed by atoms with Crippen LogP contribution in [-0.4, -0.2) is 31.2 Å². The third kappa shape index (κ3) is 3.33. The van der Waals surface area contributed by atoms with Crippen LogP contribution in [0.2, 0.25) is 0 Å². The topological polar surface area (TPSA) is 55.6 Å². The molecular weight excluding hydrogens is 364 g/mol. The predicted octanol–water partition coefficient (Wildman–Crippen LogP) is 5.59. The average Bonchev–Trinajstić information content (AvgIpc) is 3.11. The Bertz CT molecular complexity index is 1220. The van der Waals surface area contributed by atoms with E-state index < -0.39 is 0 Å². The summed E-state index contributed by atoms with van der Waals surface area (Å²) in [4.78, 5) is 19.1. The van der Waals surface area contributed by atoms with Crippen LogP contribution in [-0.2, 0) is 4.74 Å². The molecule has 148 valence electrons. The number of carbonyl (C=O) groups is 1. The fraction of sp³-hybridized carbons (Fsp3) is 0.250. The molecule has 0 aliphatic carbocycles. The van der Waals surface area contributed by atoms with Crippen LogP contribution in [0.3, 0.4) is 0 Å². The third-order valence-corrected chi connectivity index (χ3v) is 5.41. The van der Waals surface area contributed by atoms with Gasteiger partial charge in [0.25, 0.3) is 0 Å². The number of carbonyl (C=O) groups excluding carboxylic acids is 1. The third-order valence-electron chi connectivity index (χ3n) is 5.41. The number of aromatic nitrogens is 1. The van der Waals surface area contributed by atoms with Gasteiger partial charge in [-0.15, -0.1) is 0 Å². The fourth-order valence-electron chi connectivity index (χ4n) is 3.47. The zero-order valence-corrected chi connectivity index (χ0v) is 17.3. The first-order valence-corrected chi connectivity index (χ1v) is 9.63. The minimum Gasteiger partial charge on any atom is -0.465 e. The summed E-state index contributed by atoms with van der Waals surface area (Å²) in [6, 6.07) is 14.0. The van der Waals surface area contributed by atoms with Crippen molar-refractivity contribution in [2.45, 2.75) is 26.8 Å². The lowest BCUT2D eigenvalue weighted by Gasteiger charge is -2.26. The number of methoxy groups -OCH3 is 1. The molecule has 0 bridgehead atoms. The van der Waals surface area contributed by atoms with Gasteiger partial charge in [0.1, 0.15) is 5.58 Å². The van der Waals surface area contributed by atoms with Gasteiger partial charge in [-0.05, 0) is 68.8 Å². The lowest BCUT2D eigenvalue weighted by molar-refractivity contribution is 0.0601. The van der Waals surface area contributed by atoms with Gasteiger partial charge in [-0.1, -0.05) is 0 Å². The molecule has 29 heavy (non-hydrogen) atoms. The van der Waals surface area contributed by atoms with Crippen LogP contribution in [0, 0.1) is 6.92 Å². The number of rotatable bonds is 4. The van der Waals surface area contributed by atoms with E-state index in [1.165, 1.54) is 7.11 Å². The summed E-state index contributed by atoms with van der Waals surface area (Å²) >= 11 is 0. The molecule has 0 spiro atoms. The summed E-state index contributed by atoms with van der Waals surface area (Å²) in [6.45, 7) is 6.32. The van der Waals surface area contributed by atoms with Crippen LogP contribution in [0.4, 0.5) is 5.69 Å². The van der Waals surface area contributed by atoms with E-state index in [1.54, 1.807) is 12.3 Å². The lowest BCUT2D eigenvalue weighted by Crippen LogP contribution is -2.26. The standard InChI is InChI=1S/C24H24N2O3/c1-14(2)26(4)21-12-18-10-17(24(27)28-5)6-8-20(18)25-23(21)16-7-9-22-19(11-16)15(3)13-29-22/h6-14H,1-5H3. The molecule has 2 aromatic heterocycles. The van der Waals surface area contributed by atoms with E-state index in [9.17, 15) is 4.79 Å². The molecule has 0 aliphatic rings. The van der Waals surface area contributed by atoms with E-state index in [4.69, 9.17) is 14.1 Å². The molecule has 5 heteroatoms. The van der Waals surface area contributed by atoms with E-state index in [2.05, 4.69) is 37.9 Å². The van der Waals surface area contributed by atoms with Gasteiger partial charge in [0, 0.05) is 29.4 Å². The number of aryl methyl sites for hydroxylation is 1. The molecular formula is C24H24N2O3. The highest BCUT2D eigenvalue weighted by atomic mass is 16.5. The summed E-state index contributed by atoms with van der Waals surface area (Å²) < 4.78 is 10.5. The number of ether oxygens (including phenoxy) is 1. The summed E-state index contributed by atoms with van der Waals surface area (Å²) in [5.74, 6) is -0.351. The Morgan fingerprint density at radius 2 is 1.93 bits per heavy atom. The molecule has 0 fully saturated rings. The van der Waals surface area contributed by atoms with Crippen LogP contribution >= 0.6 is 0 Å². The lowest BCUT2D eigenvalue weighted by atomic mass is 10.0. The van der Waals surface area contributed by atoms with Crippen molar-refractivity contribution >= 4 is 33.5 Å². The Hall–Kier alpha value is -3.34. The first-order valence-electron chi connectivity index (χ1n) is 9.63. The van der Waals surface area contributed by atoms with Crippen molar-refractivity contribution in [3.8, 4) is 11.3 Å². The van der Waals surface area contributed by atoms with E-state index in [0.29, 0.717) is 5.56 Å². The molecule has 0 unspecified atom stereocenters. The predicted molar refractivity (Wildman–Crippen MR) is 117 cm³/mol. The minimum absolute atomic E-state index is 0.288. The van der Waals surface area contributed by atoms with Crippen LogP contribution in [0.1, 0.15) is 29.8 Å². The van der Waals surface area contributed by atoms with Crippen molar-refractivity contribution in [3.63, 3.8) is 0 Å². The summed E-state index contributed by atoms with van der Waals surface area (Å²) in [5, 5.41) is 1.99. The summed E-state index contributed by atoms with van der Waals surface area (Å²) in [5.41, 5.74) is 6.26. The van der Waals surface area contributed by atoms with Crippen molar-refractivity contribution < 1.29 is 13.9 Å². The summed E-state index contributed by atoms with van der Waals surface area (Å²) in [6.07, 6.45) is 1.78. The SMILES string of the molecule is COC(=O)c1ccc2nc(-c3ccc4occ(C)c4c3)c(N(C)C(C)C)cc2c1. The van der Waals surface area contributed by atoms with Crippen molar-refractivity contribution in [2.75, 3.05) is 19.1 Å². The Kier molecular flexibility index (Phi) is 4.74. The quantitative estimate of drug-likeness (QED) is 0.427. The average molecular weight is 388 g/mol. The van der Waals surface area contributed by atoms with Crippen molar-refractivity contribution in [1.29, 1.82) is 0 Å². The molecule has 4 rings (SSSR count). The Morgan fingerprint density at radius 1 is 1.14 bits per heavy atom. The Labute approximate surface area is 169 Å². The first kappa shape index (κ1) is 19.0. The number of fused-ring (bicyclic) bond motifs is 2. The molecule has 0 atom stereocenters. The zero-order valence-electron chi connectivity index (χ0n) is 17.3. The van der Waals surface area contributed by atoms with E-state index in [-0.39, 0.29) is 12.0 Å². The minimum atomic E-state index is -0.351. The van der Waals surface area contributed by atoms with Crippen LogP contribution < -0.4 is 4.90 Å². The molecule has 0 saturated carbocycles. The molecule has 0 radical (unpaired) electrons. The van der Waals surface area contributed by atoms with E-state index in [0.717, 1.165) is 44.4 Å². The molecule has 4 aromatic rings. The molecule has 0 amide bonds. The first-order chi connectivity index (χ1) is 13.9. The van der Waals surface area contributed by atoms with Crippen LogP contribution in [0.25, 0.3) is 33.1 Å². The van der Waals surface area contributed by atoms with Gasteiger partial charge in [0.2, 0.25) is 0 Å². The molecule has 0 saturated heterocycles. The maximum atomic E-state index is 11.9. The number of anilines is 1. The maximum Gasteiger partial charge on any atom is 0.337 e. The van der Waals surface area contributed by atoms with Gasteiger partial charge in [-0.3, -0.25) is 0 Å². The monoisotopic (exact) mass is 388 g/mol. The molecule has 5 nitrogen and oxygen atoms in total. The Balaban J connectivity index is 1.96. The van der Waals surface area contributed by atoms with E-state index in [1.807, 2.05) is 31.2 Å². The second-order valence-corrected chi connectivity index (χ2v) is 7.59. The zero-order chi connectivity index (χ0) is 20.7. The highest BCUT2D eigenvalue weighted by Gasteiger charge is 2.17. The molecule has 0 N–H and O–H groups in total. The number of hydrogen-bond acceptors (Lipinski definition) is 5.